The van der Waals surface area contributed by atoms with Crippen LogP contribution >= 0.6 is 9.24 Å². The normalized spacial score (nSPS) is 18.3. The summed E-state index contributed by atoms with van der Waals surface area (Å²) in [5.74, 6) is 0.557. The number of nitriles is 1. The highest BCUT2D eigenvalue weighted by Crippen LogP contribution is 2.40. The summed E-state index contributed by atoms with van der Waals surface area (Å²) in [4.78, 5) is 14.7. The third kappa shape index (κ3) is 4.37. The molecule has 1 saturated heterocycles. The van der Waals surface area contributed by atoms with Gasteiger partial charge in [0, 0.05) is 24.1 Å². The first-order chi connectivity index (χ1) is 12.9. The number of urea groups is 1. The quantitative estimate of drug-likeness (QED) is 0.789. The molecule has 2 aromatic rings. The monoisotopic (exact) mass is 404 g/mol. The van der Waals surface area contributed by atoms with Crippen molar-refractivity contribution in [2.75, 3.05) is 18.4 Å². The summed E-state index contributed by atoms with van der Waals surface area (Å²) in [6.45, 7) is 3.12. The van der Waals surface area contributed by atoms with Crippen molar-refractivity contribution >= 4 is 31.9 Å². The molecular weight excluding hydrogens is 383 g/mol. The molecule has 1 aromatic carbocycles. The third-order valence-electron chi connectivity index (χ3n) is 4.84. The van der Waals surface area contributed by atoms with Crippen LogP contribution in [-0.2, 0) is 10.8 Å². The second-order valence-corrected chi connectivity index (χ2v) is 10.2. The second-order valence-electron chi connectivity index (χ2n) is 6.67. The summed E-state index contributed by atoms with van der Waals surface area (Å²) in [6.07, 6.45) is 2.89. The van der Waals surface area contributed by atoms with Gasteiger partial charge in [0.25, 0.3) is 0 Å². The fourth-order valence-electron chi connectivity index (χ4n) is 3.21. The van der Waals surface area contributed by atoms with E-state index in [9.17, 15) is 9.00 Å². The first kappa shape index (κ1) is 19.5. The molecule has 0 bridgehead atoms. The molecule has 2 heterocycles. The lowest BCUT2D eigenvalue weighted by molar-refractivity contribution is 0.179. The van der Waals surface area contributed by atoms with Gasteiger partial charge in [0.05, 0.1) is 26.9 Å². The van der Waals surface area contributed by atoms with Crippen molar-refractivity contribution in [3.8, 4) is 6.07 Å². The Bertz CT molecular complexity index is 871. The molecular formula is C18H21N4O3PS. The first-order valence-corrected chi connectivity index (χ1v) is 10.3. The Hall–Kier alpha value is -2.23. The number of nitrogens with one attached hydrogen (secondary N) is 1. The van der Waals surface area contributed by atoms with Gasteiger partial charge in [-0.3, -0.25) is 9.53 Å². The van der Waals surface area contributed by atoms with Crippen molar-refractivity contribution in [3.63, 3.8) is 0 Å². The molecule has 1 aliphatic heterocycles. The lowest BCUT2D eigenvalue weighted by Crippen LogP contribution is -2.46. The number of carbonyl (C=O) groups excluding carboxylic acids is 1. The van der Waals surface area contributed by atoms with E-state index < -0.39 is 15.3 Å². The Morgan fingerprint density at radius 2 is 2.19 bits per heavy atom. The van der Waals surface area contributed by atoms with Gasteiger partial charge in [-0.05, 0) is 43.9 Å². The van der Waals surface area contributed by atoms with Crippen LogP contribution in [0.25, 0.3) is 0 Å². The van der Waals surface area contributed by atoms with E-state index in [4.69, 9.17) is 9.78 Å². The number of amides is 2. The van der Waals surface area contributed by atoms with Gasteiger partial charge in [-0.1, -0.05) is 11.2 Å². The lowest BCUT2D eigenvalue weighted by atomic mass is 9.93. The molecule has 1 aliphatic rings. The van der Waals surface area contributed by atoms with E-state index in [0.29, 0.717) is 29.4 Å². The van der Waals surface area contributed by atoms with Gasteiger partial charge in [-0.15, -0.1) is 9.24 Å². The standard InChI is InChI=1S/C18H21N4O3PS/c1-18(26,27(24)15-4-2-3-13(11-15)12-19)14-5-8-22(9-6-14)17(23)20-16-7-10-25-21-16/h2-4,7,10-11,14H,5-6,8-9,26H2,1H3,(H,20,21,23). The van der Waals surface area contributed by atoms with Crippen molar-refractivity contribution in [1.82, 2.24) is 10.1 Å². The molecule has 0 radical (unpaired) electrons. The molecule has 0 aliphatic carbocycles. The van der Waals surface area contributed by atoms with Gasteiger partial charge in [-0.25, -0.2) is 4.79 Å². The number of benzene rings is 1. The molecule has 3 unspecified atom stereocenters. The van der Waals surface area contributed by atoms with Crippen molar-refractivity contribution in [1.29, 1.82) is 5.26 Å². The van der Waals surface area contributed by atoms with E-state index in [-0.39, 0.29) is 11.9 Å². The van der Waals surface area contributed by atoms with Crippen LogP contribution in [0.15, 0.2) is 46.0 Å². The molecule has 1 aromatic heterocycles. The molecule has 1 fully saturated rings. The molecule has 9 heteroatoms. The summed E-state index contributed by atoms with van der Waals surface area (Å²) in [7, 11) is 1.46. The van der Waals surface area contributed by atoms with Crippen LogP contribution in [-0.4, -0.2) is 37.9 Å². The minimum atomic E-state index is -1.28. The average molecular weight is 404 g/mol. The van der Waals surface area contributed by atoms with Crippen LogP contribution < -0.4 is 5.32 Å². The van der Waals surface area contributed by atoms with Crippen LogP contribution in [0.5, 0.6) is 0 Å². The van der Waals surface area contributed by atoms with Crippen LogP contribution in [0.4, 0.5) is 10.6 Å². The molecule has 0 spiro atoms. The summed E-state index contributed by atoms with van der Waals surface area (Å²) >= 11 is 0. The first-order valence-electron chi connectivity index (χ1n) is 8.59. The number of hydrogen-bond acceptors (Lipinski definition) is 5. The van der Waals surface area contributed by atoms with Gasteiger partial charge in [0.2, 0.25) is 0 Å². The van der Waals surface area contributed by atoms with Crippen LogP contribution in [0, 0.1) is 17.2 Å². The van der Waals surface area contributed by atoms with Gasteiger partial charge >= 0.3 is 6.03 Å². The third-order valence-corrected chi connectivity index (χ3v) is 7.77. The molecule has 142 valence electrons. The molecule has 27 heavy (non-hydrogen) atoms. The summed E-state index contributed by atoms with van der Waals surface area (Å²) in [6, 6.07) is 10.4. The lowest BCUT2D eigenvalue weighted by Gasteiger charge is -2.39. The van der Waals surface area contributed by atoms with E-state index in [2.05, 4.69) is 25.8 Å². The van der Waals surface area contributed by atoms with E-state index in [0.717, 1.165) is 12.8 Å². The molecule has 1 N–H and O–H groups in total. The van der Waals surface area contributed by atoms with Crippen LogP contribution in [0.1, 0.15) is 25.3 Å². The van der Waals surface area contributed by atoms with Crippen LogP contribution in [0.2, 0.25) is 0 Å². The van der Waals surface area contributed by atoms with Gasteiger partial charge in [0.15, 0.2) is 5.82 Å². The minimum absolute atomic E-state index is 0.171. The molecule has 2 amide bonds. The summed E-state index contributed by atoms with van der Waals surface area (Å²) < 4.78 is 17.3. The number of aromatic nitrogens is 1. The Labute approximate surface area is 162 Å². The fourth-order valence-corrected chi connectivity index (χ4v) is 5.43. The summed E-state index contributed by atoms with van der Waals surface area (Å²) in [5.41, 5.74) is 0.501. The van der Waals surface area contributed by atoms with Gasteiger partial charge in [-0.2, -0.15) is 5.26 Å². The summed E-state index contributed by atoms with van der Waals surface area (Å²) in [5, 5.41) is 15.4. The number of piperidine rings is 1. The van der Waals surface area contributed by atoms with E-state index >= 15 is 0 Å². The van der Waals surface area contributed by atoms with E-state index in [1.807, 2.05) is 6.92 Å². The SMILES string of the molecule is CC(P)(C1CCN(C(=O)Nc2ccon2)CC1)S(=O)c1cccc(C#N)c1. The fraction of sp³-hybridized carbons (Fsp3) is 0.389. The Kier molecular flexibility index (Phi) is 5.93. The van der Waals surface area contributed by atoms with Crippen molar-refractivity contribution in [2.24, 2.45) is 5.92 Å². The number of rotatable bonds is 4. The van der Waals surface area contributed by atoms with Crippen molar-refractivity contribution in [2.45, 2.75) is 29.1 Å². The van der Waals surface area contributed by atoms with Crippen molar-refractivity contribution in [3.05, 3.63) is 42.2 Å². The number of carbonyl (C=O) groups is 1. The zero-order valence-electron chi connectivity index (χ0n) is 14.9. The number of nitrogens with zero attached hydrogens (tertiary/aromatic N) is 3. The largest absolute Gasteiger partial charge is 0.363 e. The molecule has 0 saturated carbocycles. The Morgan fingerprint density at radius 3 is 2.81 bits per heavy atom. The smallest absolute Gasteiger partial charge is 0.323 e. The Balaban J connectivity index is 1.62. The van der Waals surface area contributed by atoms with Gasteiger partial charge in [0.1, 0.15) is 6.26 Å². The highest BCUT2D eigenvalue weighted by Gasteiger charge is 2.39. The Morgan fingerprint density at radius 1 is 1.44 bits per heavy atom. The maximum atomic E-state index is 13.1. The maximum Gasteiger partial charge on any atom is 0.323 e. The number of likely N-dealkylation sites (tertiary alicyclic amines) is 1. The highest BCUT2D eigenvalue weighted by molar-refractivity contribution is 7.90. The molecule has 3 rings (SSSR count). The van der Waals surface area contributed by atoms with E-state index in [1.165, 1.54) is 6.26 Å². The average Bonchev–Trinajstić information content (AvgIpc) is 3.20. The topological polar surface area (TPSA) is 99.2 Å². The maximum absolute atomic E-state index is 13.1. The predicted molar refractivity (Wildman–Crippen MR) is 105 cm³/mol. The van der Waals surface area contributed by atoms with Crippen LogP contribution in [0.3, 0.4) is 0 Å². The molecule has 3 atom stereocenters. The number of anilines is 1. The molecule has 7 nitrogen and oxygen atoms in total. The zero-order valence-corrected chi connectivity index (χ0v) is 16.9. The second kappa shape index (κ2) is 8.20. The van der Waals surface area contributed by atoms with E-state index in [1.54, 1.807) is 35.2 Å². The minimum Gasteiger partial charge on any atom is -0.363 e. The van der Waals surface area contributed by atoms with Gasteiger partial charge < -0.3 is 9.42 Å². The predicted octanol–water partition coefficient (Wildman–Crippen LogP) is 3.19. The number of hydrogen-bond donors (Lipinski definition) is 1. The highest BCUT2D eigenvalue weighted by atomic mass is 32.2. The zero-order chi connectivity index (χ0) is 19.4. The van der Waals surface area contributed by atoms with Crippen molar-refractivity contribution < 1.29 is 13.5 Å².